The Hall–Kier alpha value is -3.48. The van der Waals surface area contributed by atoms with E-state index >= 15 is 0 Å². The number of methoxy groups -OCH3 is 3. The normalized spacial score (nSPS) is 12.0. The Morgan fingerprint density at radius 3 is 2.45 bits per heavy atom. The van der Waals surface area contributed by atoms with Crippen molar-refractivity contribution in [2.24, 2.45) is 0 Å². The van der Waals surface area contributed by atoms with Crippen molar-refractivity contribution in [1.29, 1.82) is 0 Å². The molecule has 7 nitrogen and oxygen atoms in total. The summed E-state index contributed by atoms with van der Waals surface area (Å²) in [4.78, 5) is 13.4. The summed E-state index contributed by atoms with van der Waals surface area (Å²) in [5.41, 5.74) is 3.34. The first-order valence-corrected chi connectivity index (χ1v) is 10.1. The molecule has 0 radical (unpaired) electrons. The molecule has 0 saturated heterocycles. The third-order valence-corrected chi connectivity index (χ3v) is 5.64. The predicted octanol–water partition coefficient (Wildman–Crippen LogP) is 2.84. The van der Waals surface area contributed by atoms with Gasteiger partial charge in [-0.1, -0.05) is 0 Å². The lowest BCUT2D eigenvalue weighted by Crippen LogP contribution is -2.40. The number of aryl methyl sites for hydroxylation is 2. The van der Waals surface area contributed by atoms with E-state index in [0.29, 0.717) is 17.2 Å². The number of hydrogen-bond donors (Lipinski definition) is 0. The number of carbonyl (C=O) groups is 1. The third-order valence-electron chi connectivity index (χ3n) is 5.64. The minimum Gasteiger partial charge on any atom is -0.493 e. The Bertz CT molecular complexity index is 1160. The average Bonchev–Trinajstić information content (AvgIpc) is 2.79. The molecule has 4 rings (SSSR count). The zero-order valence-corrected chi connectivity index (χ0v) is 18.5. The van der Waals surface area contributed by atoms with Gasteiger partial charge in [0.25, 0.3) is 5.91 Å². The van der Waals surface area contributed by atoms with Crippen molar-refractivity contribution in [3.05, 3.63) is 42.1 Å². The minimum atomic E-state index is -0.100. The highest BCUT2D eigenvalue weighted by atomic mass is 16.5. The zero-order chi connectivity index (χ0) is 22.1. The Kier molecular flexibility index (Phi) is 5.59. The number of benzene rings is 2. The van der Waals surface area contributed by atoms with Gasteiger partial charge in [0.2, 0.25) is 5.69 Å². The highest BCUT2D eigenvalue weighted by Gasteiger charge is 2.27. The van der Waals surface area contributed by atoms with Gasteiger partial charge >= 0.3 is 0 Å². The van der Waals surface area contributed by atoms with Gasteiger partial charge in [-0.15, -0.1) is 0 Å². The predicted molar refractivity (Wildman–Crippen MR) is 117 cm³/mol. The van der Waals surface area contributed by atoms with Crippen LogP contribution in [0.25, 0.3) is 22.0 Å². The summed E-state index contributed by atoms with van der Waals surface area (Å²) in [5, 5.41) is 2.07. The minimum absolute atomic E-state index is 0.0280. The van der Waals surface area contributed by atoms with E-state index < -0.39 is 0 Å². The van der Waals surface area contributed by atoms with Crippen LogP contribution >= 0.6 is 0 Å². The number of aromatic nitrogens is 1. The number of amides is 1. The molecule has 2 aromatic carbocycles. The second kappa shape index (κ2) is 8.34. The second-order valence-electron chi connectivity index (χ2n) is 7.64. The summed E-state index contributed by atoms with van der Waals surface area (Å²) in [6, 6.07) is 10.1. The van der Waals surface area contributed by atoms with Crippen LogP contribution < -0.4 is 23.5 Å². The van der Waals surface area contributed by atoms with Gasteiger partial charge in [0.05, 0.1) is 32.3 Å². The van der Waals surface area contributed by atoms with Crippen molar-refractivity contribution < 1.29 is 28.3 Å². The van der Waals surface area contributed by atoms with Crippen LogP contribution in [-0.4, -0.2) is 52.8 Å². The third kappa shape index (κ3) is 3.71. The number of hydrogen-bond acceptors (Lipinski definition) is 5. The highest BCUT2D eigenvalue weighted by Crippen LogP contribution is 2.40. The molecule has 0 bridgehead atoms. The Morgan fingerprint density at radius 1 is 1.00 bits per heavy atom. The van der Waals surface area contributed by atoms with Crippen LogP contribution in [0.4, 0.5) is 0 Å². The first-order chi connectivity index (χ1) is 15.0. The van der Waals surface area contributed by atoms with Crippen LogP contribution in [0.3, 0.4) is 0 Å². The first kappa shape index (κ1) is 20.8. The Balaban J connectivity index is 1.78. The number of ether oxygens (including phenoxy) is 4. The molecule has 0 saturated carbocycles. The SMILES string of the molecule is COc1cc2c(cc1OCC(=O)N(C)C)CC[n+]1cc3c(OC)c(OC)ccc3cc1-2. The van der Waals surface area contributed by atoms with Crippen LogP contribution in [0, 0.1) is 0 Å². The van der Waals surface area contributed by atoms with Gasteiger partial charge in [-0.3, -0.25) is 4.79 Å². The van der Waals surface area contributed by atoms with Crippen molar-refractivity contribution in [3.63, 3.8) is 0 Å². The maximum absolute atomic E-state index is 11.9. The van der Waals surface area contributed by atoms with E-state index in [1.807, 2.05) is 24.3 Å². The molecule has 1 aliphatic heterocycles. The molecule has 3 aromatic rings. The van der Waals surface area contributed by atoms with Gasteiger partial charge < -0.3 is 23.8 Å². The Labute approximate surface area is 181 Å². The standard InChI is InChI=1S/C24H27N2O5/c1-25(2)23(27)14-31-22-11-16-8-9-26-13-18-15(6-7-20(28-3)24(18)30-5)10-19(26)17(16)12-21(22)29-4/h6-7,10-13H,8-9,14H2,1-5H3/q+1. The lowest BCUT2D eigenvalue weighted by atomic mass is 9.95. The van der Waals surface area contributed by atoms with Gasteiger partial charge in [0, 0.05) is 26.6 Å². The lowest BCUT2D eigenvalue weighted by Gasteiger charge is -2.20. The number of carbonyl (C=O) groups excluding carboxylic acids is 1. The maximum Gasteiger partial charge on any atom is 0.259 e. The van der Waals surface area contributed by atoms with Gasteiger partial charge in [-0.25, -0.2) is 0 Å². The molecule has 0 N–H and O–H groups in total. The smallest absolute Gasteiger partial charge is 0.259 e. The summed E-state index contributed by atoms with van der Waals surface area (Å²) in [6.07, 6.45) is 2.95. The molecule has 0 aliphatic carbocycles. The molecule has 1 aliphatic rings. The molecule has 1 aromatic heterocycles. The van der Waals surface area contributed by atoms with E-state index in [1.54, 1.807) is 35.4 Å². The topological polar surface area (TPSA) is 61.1 Å². The quantitative estimate of drug-likeness (QED) is 0.571. The summed E-state index contributed by atoms with van der Waals surface area (Å²) in [6.45, 7) is 0.792. The maximum atomic E-state index is 11.9. The van der Waals surface area contributed by atoms with E-state index in [2.05, 4.69) is 16.8 Å². The fourth-order valence-corrected chi connectivity index (χ4v) is 3.93. The zero-order valence-electron chi connectivity index (χ0n) is 18.5. The van der Waals surface area contributed by atoms with Gasteiger partial charge in [-0.05, 0) is 35.2 Å². The van der Waals surface area contributed by atoms with Crippen LogP contribution in [0.1, 0.15) is 5.56 Å². The fourth-order valence-electron chi connectivity index (χ4n) is 3.93. The van der Waals surface area contributed by atoms with Crippen LogP contribution in [0.15, 0.2) is 36.5 Å². The summed E-state index contributed by atoms with van der Waals surface area (Å²) >= 11 is 0. The van der Waals surface area contributed by atoms with Crippen LogP contribution in [0.5, 0.6) is 23.0 Å². The number of likely N-dealkylation sites (N-methyl/N-ethyl adjacent to an activating group) is 1. The lowest BCUT2D eigenvalue weighted by molar-refractivity contribution is -0.686. The number of pyridine rings is 1. The van der Waals surface area contributed by atoms with E-state index in [0.717, 1.165) is 46.3 Å². The molecule has 162 valence electrons. The summed E-state index contributed by atoms with van der Waals surface area (Å²) in [7, 11) is 8.32. The molecular weight excluding hydrogens is 396 g/mol. The second-order valence-corrected chi connectivity index (χ2v) is 7.64. The fraction of sp³-hybridized carbons (Fsp3) is 0.333. The molecule has 0 unspecified atom stereocenters. The van der Waals surface area contributed by atoms with Crippen molar-refractivity contribution in [3.8, 4) is 34.3 Å². The van der Waals surface area contributed by atoms with Crippen LogP contribution in [-0.2, 0) is 17.8 Å². The first-order valence-electron chi connectivity index (χ1n) is 10.1. The molecule has 1 amide bonds. The van der Waals surface area contributed by atoms with E-state index in [-0.39, 0.29) is 12.5 Å². The molecule has 31 heavy (non-hydrogen) atoms. The molecule has 7 heteroatoms. The Morgan fingerprint density at radius 2 is 1.77 bits per heavy atom. The van der Waals surface area contributed by atoms with E-state index in [9.17, 15) is 4.79 Å². The van der Waals surface area contributed by atoms with Gasteiger partial charge in [0.1, 0.15) is 0 Å². The number of nitrogens with zero attached hydrogens (tertiary/aromatic N) is 2. The molecule has 2 heterocycles. The van der Waals surface area contributed by atoms with Crippen molar-refractivity contribution in [2.45, 2.75) is 13.0 Å². The summed E-state index contributed by atoms with van der Waals surface area (Å²) < 4.78 is 24.7. The summed E-state index contributed by atoms with van der Waals surface area (Å²) in [5.74, 6) is 2.52. The van der Waals surface area contributed by atoms with Crippen molar-refractivity contribution in [1.82, 2.24) is 4.90 Å². The number of rotatable bonds is 6. The molecule has 0 spiro atoms. The van der Waals surface area contributed by atoms with Crippen molar-refractivity contribution in [2.75, 3.05) is 42.0 Å². The highest BCUT2D eigenvalue weighted by molar-refractivity contribution is 5.91. The van der Waals surface area contributed by atoms with Gasteiger partial charge in [0.15, 0.2) is 42.3 Å². The molecule has 0 fully saturated rings. The average molecular weight is 423 g/mol. The van der Waals surface area contributed by atoms with Gasteiger partial charge in [-0.2, -0.15) is 4.57 Å². The number of fused-ring (bicyclic) bond motifs is 4. The van der Waals surface area contributed by atoms with Crippen molar-refractivity contribution >= 4 is 16.7 Å². The van der Waals surface area contributed by atoms with E-state index in [4.69, 9.17) is 18.9 Å². The monoisotopic (exact) mass is 423 g/mol. The molecule has 0 atom stereocenters. The molecular formula is C24H27N2O5+. The largest absolute Gasteiger partial charge is 0.493 e. The van der Waals surface area contributed by atoms with Crippen LogP contribution in [0.2, 0.25) is 0 Å². The van der Waals surface area contributed by atoms with E-state index in [1.165, 1.54) is 4.90 Å².